The van der Waals surface area contributed by atoms with Crippen molar-refractivity contribution in [1.82, 2.24) is 4.98 Å². The predicted octanol–water partition coefficient (Wildman–Crippen LogP) is 2.26. The van der Waals surface area contributed by atoms with Crippen molar-refractivity contribution >= 4 is 32.3 Å². The molecular weight excluding hydrogens is 364 g/mol. The largest absolute Gasteiger partial charge is 0.403 e. The molecule has 2 aromatic carbocycles. The standard InChI is InChI=1S/C18H18N6O2S/c1-12-2-7-16(18-17(12)13(10-20)11-22-18)23-27(25,26)15-5-3-14(4-6-15)24(21)9-8-19/h2-9,11,22-23H,19,21H2,1H3/b9-8-. The van der Waals surface area contributed by atoms with Crippen molar-refractivity contribution in [1.29, 1.82) is 5.26 Å². The molecule has 8 nitrogen and oxygen atoms in total. The number of anilines is 2. The zero-order chi connectivity index (χ0) is 19.6. The van der Waals surface area contributed by atoms with Gasteiger partial charge < -0.3 is 10.7 Å². The Bertz CT molecular complexity index is 1160. The highest BCUT2D eigenvalue weighted by atomic mass is 32.2. The molecule has 0 amide bonds. The summed E-state index contributed by atoms with van der Waals surface area (Å²) >= 11 is 0. The summed E-state index contributed by atoms with van der Waals surface area (Å²) in [6.45, 7) is 1.86. The van der Waals surface area contributed by atoms with E-state index in [0.717, 1.165) is 5.56 Å². The monoisotopic (exact) mass is 382 g/mol. The molecule has 0 saturated carbocycles. The maximum atomic E-state index is 12.7. The van der Waals surface area contributed by atoms with Crippen LogP contribution in [-0.4, -0.2) is 13.4 Å². The second-order valence-electron chi connectivity index (χ2n) is 5.84. The van der Waals surface area contributed by atoms with Gasteiger partial charge in [-0.1, -0.05) is 6.07 Å². The van der Waals surface area contributed by atoms with Crippen molar-refractivity contribution in [2.24, 2.45) is 11.6 Å². The predicted molar refractivity (Wildman–Crippen MR) is 105 cm³/mol. The second-order valence-corrected chi connectivity index (χ2v) is 7.52. The molecular formula is C18H18N6O2S. The number of hydrogen-bond acceptors (Lipinski definition) is 6. The lowest BCUT2D eigenvalue weighted by Gasteiger charge is -2.14. The molecule has 0 radical (unpaired) electrons. The van der Waals surface area contributed by atoms with Gasteiger partial charge in [-0.15, -0.1) is 0 Å². The number of nitrogens with zero attached hydrogens (tertiary/aromatic N) is 2. The summed E-state index contributed by atoms with van der Waals surface area (Å²) in [7, 11) is -3.82. The Labute approximate surface area is 156 Å². The van der Waals surface area contributed by atoms with E-state index in [-0.39, 0.29) is 4.90 Å². The van der Waals surface area contributed by atoms with Crippen LogP contribution in [0.3, 0.4) is 0 Å². The number of fused-ring (bicyclic) bond motifs is 1. The third kappa shape index (κ3) is 3.44. The minimum absolute atomic E-state index is 0.0807. The number of nitrogens with two attached hydrogens (primary N) is 2. The molecule has 9 heteroatoms. The highest BCUT2D eigenvalue weighted by Crippen LogP contribution is 2.30. The molecule has 0 aliphatic rings. The number of aryl methyl sites for hydroxylation is 1. The molecule has 6 N–H and O–H groups in total. The Morgan fingerprint density at radius 1 is 1.22 bits per heavy atom. The fourth-order valence-corrected chi connectivity index (χ4v) is 3.85. The van der Waals surface area contributed by atoms with Gasteiger partial charge in [0.25, 0.3) is 10.0 Å². The summed E-state index contributed by atoms with van der Waals surface area (Å²) in [5.74, 6) is 5.75. The summed E-state index contributed by atoms with van der Waals surface area (Å²) in [4.78, 5) is 3.05. The minimum Gasteiger partial charge on any atom is -0.403 e. The van der Waals surface area contributed by atoms with Crippen LogP contribution in [0.15, 0.2) is 59.9 Å². The van der Waals surface area contributed by atoms with Gasteiger partial charge in [-0.05, 0) is 42.8 Å². The number of H-pyrrole nitrogens is 1. The van der Waals surface area contributed by atoms with E-state index in [1.807, 2.05) is 6.92 Å². The molecule has 0 saturated heterocycles. The summed E-state index contributed by atoms with van der Waals surface area (Å²) in [5.41, 5.74) is 8.14. The number of aromatic nitrogens is 1. The van der Waals surface area contributed by atoms with Crippen molar-refractivity contribution in [3.63, 3.8) is 0 Å². The molecule has 0 aliphatic carbocycles. The first kappa shape index (κ1) is 18.3. The Balaban J connectivity index is 1.96. The molecule has 1 aromatic heterocycles. The van der Waals surface area contributed by atoms with Crippen LogP contribution in [0.4, 0.5) is 11.4 Å². The van der Waals surface area contributed by atoms with Gasteiger partial charge in [0.15, 0.2) is 0 Å². The number of benzene rings is 2. The van der Waals surface area contributed by atoms with E-state index in [0.29, 0.717) is 27.8 Å². The summed E-state index contributed by atoms with van der Waals surface area (Å²) in [6.07, 6.45) is 4.29. The molecule has 3 aromatic rings. The van der Waals surface area contributed by atoms with Crippen molar-refractivity contribution in [2.45, 2.75) is 11.8 Å². The number of nitrogens with one attached hydrogen (secondary N) is 2. The Kier molecular flexibility index (Phi) is 4.77. The SMILES string of the molecule is Cc1ccc(NS(=O)(=O)c2ccc(N(N)/C=C\N)cc2)c2[nH]cc(C#N)c12. The van der Waals surface area contributed by atoms with E-state index in [4.69, 9.17) is 11.6 Å². The van der Waals surface area contributed by atoms with Gasteiger partial charge in [-0.2, -0.15) is 5.26 Å². The highest BCUT2D eigenvalue weighted by Gasteiger charge is 2.18. The first-order valence-corrected chi connectivity index (χ1v) is 9.41. The van der Waals surface area contributed by atoms with Gasteiger partial charge in [-0.3, -0.25) is 9.73 Å². The number of sulfonamides is 1. The van der Waals surface area contributed by atoms with Crippen LogP contribution in [0.1, 0.15) is 11.1 Å². The van der Waals surface area contributed by atoms with Crippen LogP contribution in [0.2, 0.25) is 0 Å². The lowest BCUT2D eigenvalue weighted by molar-refractivity contribution is 0.601. The lowest BCUT2D eigenvalue weighted by Crippen LogP contribution is -2.24. The van der Waals surface area contributed by atoms with Gasteiger partial charge in [0.05, 0.1) is 27.4 Å². The molecule has 3 rings (SSSR count). The van der Waals surface area contributed by atoms with Gasteiger partial charge in [-0.25, -0.2) is 14.3 Å². The normalized spacial score (nSPS) is 11.6. The maximum absolute atomic E-state index is 12.7. The molecule has 27 heavy (non-hydrogen) atoms. The van der Waals surface area contributed by atoms with Crippen LogP contribution >= 0.6 is 0 Å². The smallest absolute Gasteiger partial charge is 0.261 e. The molecule has 0 fully saturated rings. The van der Waals surface area contributed by atoms with Gasteiger partial charge in [0.2, 0.25) is 0 Å². The quantitative estimate of drug-likeness (QED) is 0.394. The van der Waals surface area contributed by atoms with E-state index in [1.54, 1.807) is 30.5 Å². The van der Waals surface area contributed by atoms with Crippen molar-refractivity contribution in [2.75, 3.05) is 9.73 Å². The number of hydrazine groups is 1. The van der Waals surface area contributed by atoms with E-state index >= 15 is 0 Å². The second kappa shape index (κ2) is 7.03. The van der Waals surface area contributed by atoms with Crippen LogP contribution in [-0.2, 0) is 10.0 Å². The first-order valence-electron chi connectivity index (χ1n) is 7.93. The fourth-order valence-electron chi connectivity index (χ4n) is 2.77. The van der Waals surface area contributed by atoms with Crippen LogP contribution in [0.5, 0.6) is 0 Å². The van der Waals surface area contributed by atoms with Crippen molar-refractivity contribution < 1.29 is 8.42 Å². The van der Waals surface area contributed by atoms with Gasteiger partial charge in [0.1, 0.15) is 6.07 Å². The van der Waals surface area contributed by atoms with Gasteiger partial charge in [0, 0.05) is 24.0 Å². The Hall–Kier alpha value is -3.48. The zero-order valence-electron chi connectivity index (χ0n) is 14.5. The average molecular weight is 382 g/mol. The summed E-state index contributed by atoms with van der Waals surface area (Å²) < 4.78 is 28.1. The molecule has 0 atom stereocenters. The topological polar surface area (TPSA) is 141 Å². The average Bonchev–Trinajstić information content (AvgIpc) is 3.09. The minimum atomic E-state index is -3.82. The summed E-state index contributed by atoms with van der Waals surface area (Å²) in [6, 6.07) is 11.6. The van der Waals surface area contributed by atoms with E-state index in [1.165, 1.54) is 29.5 Å². The molecule has 0 unspecified atom stereocenters. The first-order chi connectivity index (χ1) is 12.9. The molecule has 0 spiro atoms. The third-order valence-corrected chi connectivity index (χ3v) is 5.48. The lowest BCUT2D eigenvalue weighted by atomic mass is 10.1. The van der Waals surface area contributed by atoms with Crippen molar-refractivity contribution in [3.05, 3.63) is 66.1 Å². The Morgan fingerprint density at radius 2 is 1.93 bits per heavy atom. The van der Waals surface area contributed by atoms with Crippen LogP contribution in [0.25, 0.3) is 10.9 Å². The highest BCUT2D eigenvalue weighted by molar-refractivity contribution is 7.92. The number of rotatable bonds is 5. The number of aromatic amines is 1. The van der Waals surface area contributed by atoms with Crippen LogP contribution < -0.4 is 21.3 Å². The maximum Gasteiger partial charge on any atom is 0.261 e. The van der Waals surface area contributed by atoms with Gasteiger partial charge >= 0.3 is 0 Å². The molecule has 0 aliphatic heterocycles. The molecule has 0 bridgehead atoms. The van der Waals surface area contributed by atoms with E-state index in [9.17, 15) is 13.7 Å². The van der Waals surface area contributed by atoms with E-state index in [2.05, 4.69) is 15.8 Å². The van der Waals surface area contributed by atoms with Crippen molar-refractivity contribution in [3.8, 4) is 6.07 Å². The number of nitriles is 1. The molecule has 1 heterocycles. The fraction of sp³-hybridized carbons (Fsp3) is 0.0556. The third-order valence-electron chi connectivity index (χ3n) is 4.10. The van der Waals surface area contributed by atoms with E-state index < -0.39 is 10.0 Å². The summed E-state index contributed by atoms with van der Waals surface area (Å²) in [5, 5.41) is 11.2. The van der Waals surface area contributed by atoms with Crippen LogP contribution in [0, 0.1) is 18.3 Å². The number of hydrogen-bond donors (Lipinski definition) is 4. The Morgan fingerprint density at radius 3 is 2.56 bits per heavy atom. The zero-order valence-corrected chi connectivity index (χ0v) is 15.3. The molecule has 138 valence electrons.